The summed E-state index contributed by atoms with van der Waals surface area (Å²) in [5.41, 5.74) is 5.89. The minimum Gasteiger partial charge on any atom is -1.00 e. The summed E-state index contributed by atoms with van der Waals surface area (Å²) in [6.45, 7) is 2.00. The first-order chi connectivity index (χ1) is 9.51. The zero-order valence-corrected chi connectivity index (χ0v) is 15.2. The zero-order valence-electron chi connectivity index (χ0n) is 12.2. The van der Waals surface area contributed by atoms with Gasteiger partial charge in [0.1, 0.15) is 0 Å². The highest BCUT2D eigenvalue weighted by Gasteiger charge is 2.19. The van der Waals surface area contributed by atoms with Crippen molar-refractivity contribution in [3.63, 3.8) is 0 Å². The number of halogens is 3. The number of carbonyl (C=O) groups is 1. The normalized spacial score (nSPS) is 11.3. The van der Waals surface area contributed by atoms with Gasteiger partial charge in [0.25, 0.3) is 0 Å². The lowest BCUT2D eigenvalue weighted by atomic mass is 10.2. The number of aromatic amines is 1. The second-order valence-electron chi connectivity index (χ2n) is 4.54. The summed E-state index contributed by atoms with van der Waals surface area (Å²) < 4.78 is 4.69. The largest absolute Gasteiger partial charge is 1.00 e. The van der Waals surface area contributed by atoms with Crippen molar-refractivity contribution in [2.45, 2.75) is 17.9 Å². The van der Waals surface area contributed by atoms with Crippen LogP contribution >= 0.6 is 23.4 Å². The third-order valence-electron chi connectivity index (χ3n) is 2.90. The van der Waals surface area contributed by atoms with Gasteiger partial charge in [0, 0.05) is 29.0 Å². The topological polar surface area (TPSA) is 68.1 Å². The molecule has 0 saturated carbocycles. The van der Waals surface area contributed by atoms with E-state index >= 15 is 0 Å². The average Bonchev–Trinajstić information content (AvgIpc) is 2.44. The second-order valence-corrected chi connectivity index (χ2v) is 6.04. The molecule has 0 bridgehead atoms. The number of aromatic nitrogens is 1. The molecular weight excluding hydrogens is 367 g/mol. The molecule has 1 aromatic carbocycles. The molecule has 1 unspecified atom stereocenters. The molecule has 0 aliphatic rings. The second kappa shape index (κ2) is 9.43. The first-order valence-electron chi connectivity index (χ1n) is 6.17. The summed E-state index contributed by atoms with van der Waals surface area (Å²) in [4.78, 5) is 15.8. The number of esters is 1. The summed E-state index contributed by atoms with van der Waals surface area (Å²) in [5, 5.41) is 1.74. The maximum Gasteiger partial charge on any atom is 0.365 e. The van der Waals surface area contributed by atoms with Crippen LogP contribution in [0.4, 0.5) is 0 Å². The van der Waals surface area contributed by atoms with Gasteiger partial charge in [-0.25, -0.2) is 9.78 Å². The van der Waals surface area contributed by atoms with Gasteiger partial charge in [-0.3, -0.25) is 0 Å². The maximum absolute atomic E-state index is 11.4. The lowest BCUT2D eigenvalue weighted by molar-refractivity contribution is -0.400. The predicted octanol–water partition coefficient (Wildman–Crippen LogP) is -4.50. The van der Waals surface area contributed by atoms with Crippen molar-refractivity contribution >= 4 is 40.2 Å². The third kappa shape index (κ3) is 5.18. The van der Waals surface area contributed by atoms with Gasteiger partial charge < -0.3 is 35.3 Å². The van der Waals surface area contributed by atoms with Crippen LogP contribution in [-0.4, -0.2) is 24.9 Å². The van der Waals surface area contributed by atoms with E-state index in [1.165, 1.54) is 7.11 Å². The van der Waals surface area contributed by atoms with Crippen molar-refractivity contribution in [3.05, 3.63) is 35.0 Å². The fourth-order valence-electron chi connectivity index (χ4n) is 1.90. The summed E-state index contributed by atoms with van der Waals surface area (Å²) >= 11 is 7.64. The van der Waals surface area contributed by atoms with E-state index in [9.17, 15) is 4.79 Å². The number of pyridine rings is 1. The lowest BCUT2D eigenvalue weighted by Gasteiger charge is -2.07. The molecule has 8 heteroatoms. The monoisotopic (exact) mass is 382 g/mol. The Bertz CT molecular complexity index is 655. The Kier molecular flexibility index (Phi) is 9.12. The van der Waals surface area contributed by atoms with Gasteiger partial charge in [0.15, 0.2) is 11.7 Å². The molecule has 0 radical (unpaired) electrons. The van der Waals surface area contributed by atoms with E-state index in [2.05, 4.69) is 15.5 Å². The minimum absolute atomic E-state index is 0. The number of carbonyl (C=O) groups excluding carboxylic acids is 1. The number of hydrogen-bond donors (Lipinski definition) is 1. The number of hydrogen-bond acceptors (Lipinski definition) is 3. The highest BCUT2D eigenvalue weighted by atomic mass is 35.5. The molecule has 4 nitrogen and oxygen atoms in total. The number of rotatable bonds is 4. The van der Waals surface area contributed by atoms with Crippen LogP contribution in [0, 0.1) is 6.92 Å². The molecule has 22 heavy (non-hydrogen) atoms. The lowest BCUT2D eigenvalue weighted by Crippen LogP contribution is -3.00. The predicted molar refractivity (Wildman–Crippen MR) is 79.7 cm³/mol. The molecule has 2 aromatic rings. The Morgan fingerprint density at radius 3 is 2.73 bits per heavy atom. The molecule has 122 valence electrons. The standard InChI is InChI=1S/C14H15ClN2O2S.2ClH/c1-8-5-13(20-7-11(16)14(18)19-2)10-6-9(15)3-4-12(10)17-8;;/h3-6,11H,7,16H2,1-2H3;2*1H. The van der Waals surface area contributed by atoms with Crippen LogP contribution in [0.3, 0.4) is 0 Å². The van der Waals surface area contributed by atoms with E-state index in [0.717, 1.165) is 21.5 Å². The van der Waals surface area contributed by atoms with Crippen molar-refractivity contribution in [2.24, 2.45) is 0 Å². The van der Waals surface area contributed by atoms with Crippen molar-refractivity contribution < 1.29 is 45.1 Å². The van der Waals surface area contributed by atoms with Crippen LogP contribution in [0.2, 0.25) is 5.02 Å². The van der Waals surface area contributed by atoms with E-state index in [-0.39, 0.29) is 36.8 Å². The van der Waals surface area contributed by atoms with Gasteiger partial charge in [0.2, 0.25) is 5.52 Å². The SMILES string of the molecule is COC(=O)C([NH3+])CSc1cc(C)[nH+]c2ccc(Cl)cc12.[Cl-].[Cl-]. The summed E-state index contributed by atoms with van der Waals surface area (Å²) in [6, 6.07) is 7.39. The van der Waals surface area contributed by atoms with E-state index in [1.807, 2.05) is 31.2 Å². The van der Waals surface area contributed by atoms with Gasteiger partial charge in [-0.05, 0) is 12.1 Å². The molecule has 1 aromatic heterocycles. The Balaban J connectivity index is 0.00000220. The molecule has 4 N–H and O–H groups in total. The Morgan fingerprint density at radius 1 is 1.41 bits per heavy atom. The molecule has 1 atom stereocenters. The summed E-state index contributed by atoms with van der Waals surface area (Å²) in [5.74, 6) is 0.275. The van der Waals surface area contributed by atoms with Crippen LogP contribution in [-0.2, 0) is 9.53 Å². The molecule has 1 heterocycles. The van der Waals surface area contributed by atoms with E-state index in [4.69, 9.17) is 11.6 Å². The average molecular weight is 384 g/mol. The van der Waals surface area contributed by atoms with E-state index in [1.54, 1.807) is 11.8 Å². The smallest absolute Gasteiger partial charge is 0.365 e. The number of H-pyrrole nitrogens is 1. The quantitative estimate of drug-likeness (QED) is 0.427. The summed E-state index contributed by atoms with van der Waals surface area (Å²) in [6.07, 6.45) is 0. The van der Waals surface area contributed by atoms with Gasteiger partial charge in [-0.1, -0.05) is 11.6 Å². The molecule has 0 spiro atoms. The Morgan fingerprint density at radius 2 is 2.09 bits per heavy atom. The maximum atomic E-state index is 11.4. The molecule has 0 aliphatic heterocycles. The number of quaternary nitrogens is 1. The number of thioether (sulfide) groups is 1. The molecular formula is C14H17Cl3N2O2S. The van der Waals surface area contributed by atoms with Crippen molar-refractivity contribution in [2.75, 3.05) is 12.9 Å². The fourth-order valence-corrected chi connectivity index (χ4v) is 3.17. The molecule has 2 rings (SSSR count). The van der Waals surface area contributed by atoms with E-state index in [0.29, 0.717) is 10.8 Å². The third-order valence-corrected chi connectivity index (χ3v) is 4.35. The van der Waals surface area contributed by atoms with Crippen LogP contribution in [0.15, 0.2) is 29.2 Å². The van der Waals surface area contributed by atoms with Gasteiger partial charge in [-0.2, -0.15) is 0 Å². The molecule has 0 amide bonds. The number of ether oxygens (including phenoxy) is 1. The van der Waals surface area contributed by atoms with Crippen molar-refractivity contribution in [3.8, 4) is 0 Å². The van der Waals surface area contributed by atoms with Crippen LogP contribution in [0.5, 0.6) is 0 Å². The van der Waals surface area contributed by atoms with Crippen molar-refractivity contribution in [1.29, 1.82) is 0 Å². The number of methoxy groups -OCH3 is 1. The zero-order chi connectivity index (χ0) is 14.7. The number of fused-ring (bicyclic) bond motifs is 1. The summed E-state index contributed by atoms with van der Waals surface area (Å²) in [7, 11) is 1.38. The number of benzene rings is 1. The van der Waals surface area contributed by atoms with E-state index < -0.39 is 0 Å². The van der Waals surface area contributed by atoms with Gasteiger partial charge in [-0.15, -0.1) is 11.8 Å². The molecule has 0 fully saturated rings. The fraction of sp³-hybridized carbons (Fsp3) is 0.286. The Labute approximate surface area is 151 Å². The first kappa shape index (κ1) is 21.3. The number of nitrogens with one attached hydrogen (secondary N) is 1. The molecule has 0 saturated heterocycles. The van der Waals surface area contributed by atoms with Crippen LogP contribution < -0.4 is 35.5 Å². The van der Waals surface area contributed by atoms with Crippen LogP contribution in [0.25, 0.3) is 10.9 Å². The molecule has 0 aliphatic carbocycles. The highest BCUT2D eigenvalue weighted by Crippen LogP contribution is 2.28. The minimum atomic E-state index is -0.385. The number of aryl methyl sites for hydroxylation is 1. The van der Waals surface area contributed by atoms with Crippen molar-refractivity contribution in [1.82, 2.24) is 0 Å². The van der Waals surface area contributed by atoms with Gasteiger partial charge in [0.05, 0.1) is 18.2 Å². The Hall–Kier alpha value is -0.720. The van der Waals surface area contributed by atoms with Crippen LogP contribution in [0.1, 0.15) is 5.69 Å². The van der Waals surface area contributed by atoms with Gasteiger partial charge >= 0.3 is 5.97 Å². The first-order valence-corrected chi connectivity index (χ1v) is 7.53. The highest BCUT2D eigenvalue weighted by molar-refractivity contribution is 7.99.